The fourth-order valence-electron chi connectivity index (χ4n) is 3.90. The molecule has 28 heavy (non-hydrogen) atoms. The molecular weight excluding hydrogens is 370 g/mol. The first-order valence-corrected chi connectivity index (χ1v) is 9.44. The predicted octanol–water partition coefficient (Wildman–Crippen LogP) is 7.34. The zero-order valence-corrected chi connectivity index (χ0v) is 15.5. The van der Waals surface area contributed by atoms with Gasteiger partial charge in [-0.25, -0.2) is 0 Å². The normalized spacial score (nSPS) is 12.3. The zero-order chi connectivity index (χ0) is 18.7. The number of hydrogen-bond donors (Lipinski definition) is 0. The maximum absolute atomic E-state index is 6.33. The molecule has 0 bridgehead atoms. The van der Waals surface area contributed by atoms with Crippen LogP contribution in [0, 0.1) is 0 Å². The highest BCUT2D eigenvalue weighted by molar-refractivity contribution is 6.32. The predicted molar refractivity (Wildman–Crippen MR) is 112 cm³/mol. The van der Waals surface area contributed by atoms with Gasteiger partial charge in [-0.2, -0.15) is 0 Å². The van der Waals surface area contributed by atoms with E-state index in [9.17, 15) is 0 Å². The van der Waals surface area contributed by atoms with E-state index in [1.54, 1.807) is 0 Å². The van der Waals surface area contributed by atoms with Crippen LogP contribution in [0.3, 0.4) is 0 Å². The molecule has 6 rings (SSSR count). The van der Waals surface area contributed by atoms with Crippen LogP contribution in [0.4, 0.5) is 0 Å². The first-order valence-electron chi connectivity index (χ1n) is 9.06. The van der Waals surface area contributed by atoms with Crippen LogP contribution in [-0.2, 0) is 0 Å². The van der Waals surface area contributed by atoms with Crippen LogP contribution in [0.5, 0.6) is 23.0 Å². The lowest BCUT2D eigenvalue weighted by atomic mass is 10.1. The van der Waals surface area contributed by atoms with Gasteiger partial charge >= 0.3 is 0 Å². The highest BCUT2D eigenvalue weighted by atomic mass is 35.5. The maximum atomic E-state index is 6.33. The number of rotatable bonds is 1. The van der Waals surface area contributed by atoms with Crippen molar-refractivity contribution in [1.82, 2.24) is 4.57 Å². The fraction of sp³-hybridized carbons (Fsp3) is 0. The lowest BCUT2D eigenvalue weighted by Gasteiger charge is -2.22. The van der Waals surface area contributed by atoms with Crippen LogP contribution < -0.4 is 9.47 Å². The molecule has 0 spiro atoms. The van der Waals surface area contributed by atoms with E-state index in [1.165, 1.54) is 0 Å². The Morgan fingerprint density at radius 3 is 2.21 bits per heavy atom. The van der Waals surface area contributed by atoms with Crippen molar-refractivity contribution in [2.75, 3.05) is 0 Å². The highest BCUT2D eigenvalue weighted by Gasteiger charge is 2.25. The van der Waals surface area contributed by atoms with Crippen LogP contribution >= 0.6 is 11.6 Å². The minimum Gasteiger partial charge on any atom is -0.449 e. The number of nitrogens with zero attached hydrogens (tertiary/aromatic N) is 1. The van der Waals surface area contributed by atoms with Crippen molar-refractivity contribution < 1.29 is 9.47 Å². The molecule has 5 aromatic rings. The summed E-state index contributed by atoms with van der Waals surface area (Å²) < 4.78 is 14.7. The van der Waals surface area contributed by atoms with Gasteiger partial charge in [0.25, 0.3) is 0 Å². The summed E-state index contributed by atoms with van der Waals surface area (Å²) in [6, 6.07) is 28.0. The van der Waals surface area contributed by atoms with Gasteiger partial charge in [-0.1, -0.05) is 41.9 Å². The molecule has 134 valence electrons. The van der Waals surface area contributed by atoms with Crippen LogP contribution in [0.25, 0.3) is 27.5 Å². The van der Waals surface area contributed by atoms with E-state index in [2.05, 4.69) is 28.8 Å². The molecule has 3 nitrogen and oxygen atoms in total. The Kier molecular flexibility index (Phi) is 3.22. The number of halogens is 1. The summed E-state index contributed by atoms with van der Waals surface area (Å²) in [6.45, 7) is 0. The van der Waals surface area contributed by atoms with E-state index in [4.69, 9.17) is 21.1 Å². The van der Waals surface area contributed by atoms with Gasteiger partial charge in [-0.15, -0.1) is 0 Å². The lowest BCUT2D eigenvalue weighted by Crippen LogP contribution is -2.01. The molecule has 1 aliphatic rings. The summed E-state index contributed by atoms with van der Waals surface area (Å²) in [6.07, 6.45) is 0. The van der Waals surface area contributed by atoms with Crippen LogP contribution in [0.1, 0.15) is 0 Å². The maximum Gasteiger partial charge on any atom is 0.194 e. The number of benzene rings is 4. The molecule has 0 N–H and O–H groups in total. The first kappa shape index (κ1) is 15.6. The molecule has 0 atom stereocenters. The molecule has 0 radical (unpaired) electrons. The van der Waals surface area contributed by atoms with Gasteiger partial charge in [0.15, 0.2) is 23.0 Å². The molecule has 0 fully saturated rings. The van der Waals surface area contributed by atoms with Gasteiger partial charge in [0.1, 0.15) is 5.52 Å². The number of para-hydroxylation sites is 3. The molecule has 4 heteroatoms. The van der Waals surface area contributed by atoms with E-state index in [1.807, 2.05) is 60.7 Å². The van der Waals surface area contributed by atoms with E-state index < -0.39 is 0 Å². The third kappa shape index (κ3) is 2.17. The molecule has 0 aliphatic carbocycles. The van der Waals surface area contributed by atoms with Crippen molar-refractivity contribution >= 4 is 33.4 Å². The minimum absolute atomic E-state index is 0.706. The number of fused-ring (bicyclic) bond motifs is 6. The Hall–Kier alpha value is -3.43. The third-order valence-electron chi connectivity index (χ3n) is 5.10. The molecule has 4 aromatic carbocycles. The number of hydrogen-bond acceptors (Lipinski definition) is 2. The SMILES string of the molecule is Clc1ccc2c(c1)c1ccc3c(c1n2-c1ccccc1)Oc1ccccc1O3. The molecule has 2 heterocycles. The van der Waals surface area contributed by atoms with Crippen molar-refractivity contribution in [3.63, 3.8) is 0 Å². The second-order valence-corrected chi connectivity index (χ2v) is 7.21. The Morgan fingerprint density at radius 2 is 1.39 bits per heavy atom. The number of aromatic nitrogens is 1. The van der Waals surface area contributed by atoms with Crippen LogP contribution in [0.2, 0.25) is 5.02 Å². The van der Waals surface area contributed by atoms with Gasteiger partial charge in [0.2, 0.25) is 0 Å². The molecule has 0 saturated heterocycles. The Bertz CT molecular complexity index is 1370. The number of ether oxygens (including phenoxy) is 2. The van der Waals surface area contributed by atoms with E-state index in [0.717, 1.165) is 33.2 Å². The standard InChI is InChI=1S/C24H14ClNO2/c25-15-10-12-19-18(14-15)17-11-13-22-24(28-21-9-5-4-8-20(21)27-22)23(17)26(19)16-6-2-1-3-7-16/h1-14H. The summed E-state index contributed by atoms with van der Waals surface area (Å²) >= 11 is 6.32. The summed E-state index contributed by atoms with van der Waals surface area (Å²) in [4.78, 5) is 0. The van der Waals surface area contributed by atoms with Gasteiger partial charge in [0.05, 0.1) is 5.52 Å². The largest absolute Gasteiger partial charge is 0.449 e. The topological polar surface area (TPSA) is 23.4 Å². The Morgan fingerprint density at radius 1 is 0.643 bits per heavy atom. The second kappa shape index (κ2) is 5.78. The van der Waals surface area contributed by atoms with E-state index in [0.29, 0.717) is 22.3 Å². The van der Waals surface area contributed by atoms with E-state index in [-0.39, 0.29) is 0 Å². The van der Waals surface area contributed by atoms with Crippen molar-refractivity contribution in [2.45, 2.75) is 0 Å². The lowest BCUT2D eigenvalue weighted by molar-refractivity contribution is 0.362. The molecular formula is C24H14ClNO2. The fourth-order valence-corrected chi connectivity index (χ4v) is 4.07. The first-order chi connectivity index (χ1) is 13.8. The van der Waals surface area contributed by atoms with Crippen molar-refractivity contribution in [3.05, 3.63) is 90.0 Å². The zero-order valence-electron chi connectivity index (χ0n) is 14.7. The second-order valence-electron chi connectivity index (χ2n) is 6.77. The van der Waals surface area contributed by atoms with E-state index >= 15 is 0 Å². The summed E-state index contributed by atoms with van der Waals surface area (Å²) in [7, 11) is 0. The van der Waals surface area contributed by atoms with Gasteiger partial charge in [-0.3, -0.25) is 0 Å². The van der Waals surface area contributed by atoms with Gasteiger partial charge < -0.3 is 14.0 Å². The van der Waals surface area contributed by atoms with Crippen molar-refractivity contribution in [2.24, 2.45) is 0 Å². The molecule has 0 amide bonds. The van der Waals surface area contributed by atoms with Crippen LogP contribution in [-0.4, -0.2) is 4.57 Å². The Balaban J connectivity index is 1.75. The summed E-state index contributed by atoms with van der Waals surface area (Å²) in [5.74, 6) is 2.86. The van der Waals surface area contributed by atoms with Gasteiger partial charge in [-0.05, 0) is 54.6 Å². The quantitative estimate of drug-likeness (QED) is 0.296. The molecule has 1 aliphatic heterocycles. The summed E-state index contributed by atoms with van der Waals surface area (Å²) in [5.41, 5.74) is 3.10. The third-order valence-corrected chi connectivity index (χ3v) is 5.34. The average molecular weight is 384 g/mol. The van der Waals surface area contributed by atoms with Crippen molar-refractivity contribution in [3.8, 4) is 28.7 Å². The van der Waals surface area contributed by atoms with Gasteiger partial charge in [0, 0.05) is 21.5 Å². The highest BCUT2D eigenvalue weighted by Crippen LogP contribution is 2.50. The smallest absolute Gasteiger partial charge is 0.194 e. The molecule has 0 saturated carbocycles. The molecule has 1 aromatic heterocycles. The monoisotopic (exact) mass is 383 g/mol. The minimum atomic E-state index is 0.706. The Labute approximate surface area is 166 Å². The van der Waals surface area contributed by atoms with Crippen molar-refractivity contribution in [1.29, 1.82) is 0 Å². The average Bonchev–Trinajstić information content (AvgIpc) is 3.07. The van der Waals surface area contributed by atoms with Crippen LogP contribution in [0.15, 0.2) is 84.9 Å². The summed E-state index contributed by atoms with van der Waals surface area (Å²) in [5, 5.41) is 2.86. The molecule has 0 unspecified atom stereocenters.